The Morgan fingerprint density at radius 3 is 2.52 bits per heavy atom. The molecule has 0 N–H and O–H groups in total. The van der Waals surface area contributed by atoms with Crippen molar-refractivity contribution in [2.75, 3.05) is 7.11 Å². The molecule has 0 unspecified atom stereocenters. The van der Waals surface area contributed by atoms with Crippen molar-refractivity contribution in [1.29, 1.82) is 0 Å². The zero-order chi connectivity index (χ0) is 20.2. The minimum atomic E-state index is -0.112. The van der Waals surface area contributed by atoms with Crippen molar-refractivity contribution < 1.29 is 19.0 Å². The van der Waals surface area contributed by atoms with Crippen LogP contribution in [0.5, 0.6) is 17.2 Å². The van der Waals surface area contributed by atoms with Crippen LogP contribution in [0.4, 0.5) is 0 Å². The van der Waals surface area contributed by atoms with Crippen LogP contribution in [0.25, 0.3) is 6.08 Å². The molecule has 0 saturated heterocycles. The van der Waals surface area contributed by atoms with Gasteiger partial charge in [0.25, 0.3) is 0 Å². The molecular formula is C25H22O4. The average Bonchev–Trinajstić information content (AvgIpc) is 3.07. The van der Waals surface area contributed by atoms with Crippen molar-refractivity contribution in [3.8, 4) is 17.2 Å². The maximum absolute atomic E-state index is 12.6. The number of hydrogen-bond acceptors (Lipinski definition) is 4. The second-order valence-corrected chi connectivity index (χ2v) is 6.83. The molecule has 29 heavy (non-hydrogen) atoms. The van der Waals surface area contributed by atoms with Crippen LogP contribution >= 0.6 is 0 Å². The van der Waals surface area contributed by atoms with Crippen molar-refractivity contribution in [2.45, 2.75) is 20.0 Å². The molecule has 0 aliphatic carbocycles. The van der Waals surface area contributed by atoms with E-state index in [9.17, 15) is 4.79 Å². The maximum atomic E-state index is 12.6. The highest BCUT2D eigenvalue weighted by Crippen LogP contribution is 2.35. The number of methoxy groups -OCH3 is 1. The van der Waals surface area contributed by atoms with E-state index in [0.29, 0.717) is 29.4 Å². The van der Waals surface area contributed by atoms with Crippen LogP contribution in [-0.2, 0) is 13.0 Å². The molecule has 0 fully saturated rings. The molecule has 1 heterocycles. The monoisotopic (exact) mass is 386 g/mol. The first-order valence-corrected chi connectivity index (χ1v) is 9.59. The van der Waals surface area contributed by atoms with Crippen molar-refractivity contribution >= 4 is 11.9 Å². The van der Waals surface area contributed by atoms with E-state index in [-0.39, 0.29) is 5.78 Å². The molecule has 1 aliphatic rings. The number of allylic oxidation sites excluding steroid dienone is 1. The van der Waals surface area contributed by atoms with Crippen molar-refractivity contribution in [1.82, 2.24) is 0 Å². The van der Waals surface area contributed by atoms with Crippen molar-refractivity contribution in [3.05, 3.63) is 94.7 Å². The summed E-state index contributed by atoms with van der Waals surface area (Å²) >= 11 is 0. The highest BCUT2D eigenvalue weighted by molar-refractivity contribution is 6.14. The van der Waals surface area contributed by atoms with E-state index in [2.05, 4.69) is 19.1 Å². The third kappa shape index (κ3) is 4.16. The summed E-state index contributed by atoms with van der Waals surface area (Å²) in [7, 11) is 1.64. The number of carbonyl (C=O) groups is 1. The maximum Gasteiger partial charge on any atom is 0.231 e. The van der Waals surface area contributed by atoms with Crippen molar-refractivity contribution in [2.24, 2.45) is 0 Å². The van der Waals surface area contributed by atoms with Crippen LogP contribution in [0, 0.1) is 0 Å². The van der Waals surface area contributed by atoms with Gasteiger partial charge in [0.15, 0.2) is 5.76 Å². The number of ketones is 1. The number of aryl methyl sites for hydroxylation is 1. The minimum absolute atomic E-state index is 0.112. The number of carbonyl (C=O) groups excluding carboxylic acids is 1. The quantitative estimate of drug-likeness (QED) is 0.528. The average molecular weight is 386 g/mol. The van der Waals surface area contributed by atoms with Gasteiger partial charge in [0.05, 0.1) is 12.7 Å². The zero-order valence-electron chi connectivity index (χ0n) is 16.5. The lowest BCUT2D eigenvalue weighted by atomic mass is 10.1. The number of benzene rings is 3. The Morgan fingerprint density at radius 2 is 1.76 bits per heavy atom. The zero-order valence-corrected chi connectivity index (χ0v) is 16.5. The molecule has 146 valence electrons. The van der Waals surface area contributed by atoms with E-state index in [0.717, 1.165) is 23.3 Å². The molecule has 3 aromatic rings. The van der Waals surface area contributed by atoms with Gasteiger partial charge in [0, 0.05) is 6.07 Å². The van der Waals surface area contributed by atoms with Crippen LogP contribution in [-0.4, -0.2) is 12.9 Å². The second-order valence-electron chi connectivity index (χ2n) is 6.83. The summed E-state index contributed by atoms with van der Waals surface area (Å²) < 4.78 is 16.9. The van der Waals surface area contributed by atoms with Gasteiger partial charge in [0.1, 0.15) is 23.9 Å². The third-order valence-corrected chi connectivity index (χ3v) is 4.87. The van der Waals surface area contributed by atoms with Gasteiger partial charge in [-0.3, -0.25) is 4.79 Å². The minimum Gasteiger partial charge on any atom is -0.497 e. The van der Waals surface area contributed by atoms with Gasteiger partial charge < -0.3 is 14.2 Å². The first-order valence-electron chi connectivity index (χ1n) is 9.59. The standard InChI is InChI=1S/C25H22O4/c1-3-17-7-9-18(10-8-17)14-24-25(26)22-12-11-21(15-23(22)29-24)28-16-19-5-4-6-20(13-19)27-2/h4-15H,3,16H2,1-2H3/b24-14-. The lowest BCUT2D eigenvalue weighted by molar-refractivity contribution is 0.101. The Bertz CT molecular complexity index is 1060. The molecule has 0 atom stereocenters. The topological polar surface area (TPSA) is 44.8 Å². The third-order valence-electron chi connectivity index (χ3n) is 4.87. The summed E-state index contributed by atoms with van der Waals surface area (Å²) in [6.07, 6.45) is 2.76. The van der Waals surface area contributed by atoms with Gasteiger partial charge in [-0.1, -0.05) is 43.3 Å². The van der Waals surface area contributed by atoms with Crippen LogP contribution in [0.1, 0.15) is 34.0 Å². The van der Waals surface area contributed by atoms with Gasteiger partial charge in [-0.2, -0.15) is 0 Å². The second kappa shape index (κ2) is 8.23. The molecule has 0 amide bonds. The summed E-state index contributed by atoms with van der Waals surface area (Å²) in [5.74, 6) is 2.17. The van der Waals surface area contributed by atoms with Gasteiger partial charge in [0.2, 0.25) is 5.78 Å². The number of ether oxygens (including phenoxy) is 3. The van der Waals surface area contributed by atoms with Gasteiger partial charge in [-0.15, -0.1) is 0 Å². The van der Waals surface area contributed by atoms with Crippen LogP contribution in [0.3, 0.4) is 0 Å². The molecule has 0 radical (unpaired) electrons. The number of fused-ring (bicyclic) bond motifs is 1. The summed E-state index contributed by atoms with van der Waals surface area (Å²) in [5.41, 5.74) is 3.74. The molecule has 0 bridgehead atoms. The van der Waals surface area contributed by atoms with Gasteiger partial charge in [-0.25, -0.2) is 0 Å². The summed E-state index contributed by atoms with van der Waals surface area (Å²) in [6.45, 7) is 2.51. The molecule has 4 rings (SSSR count). The summed E-state index contributed by atoms with van der Waals surface area (Å²) in [6, 6.07) is 21.1. The highest BCUT2D eigenvalue weighted by Gasteiger charge is 2.27. The SMILES string of the molecule is CCc1ccc(/C=C2\Oc3cc(OCc4cccc(OC)c4)ccc3C2=O)cc1. The molecule has 0 spiro atoms. The molecule has 3 aromatic carbocycles. The fourth-order valence-corrected chi connectivity index (χ4v) is 3.19. The molecule has 1 aliphatic heterocycles. The van der Waals surface area contributed by atoms with E-state index < -0.39 is 0 Å². The lowest BCUT2D eigenvalue weighted by Crippen LogP contribution is -1.98. The molecule has 4 nitrogen and oxygen atoms in total. The van der Waals surface area contributed by atoms with E-state index in [4.69, 9.17) is 14.2 Å². The van der Waals surface area contributed by atoms with E-state index in [1.807, 2.05) is 36.4 Å². The Balaban J connectivity index is 1.48. The summed E-state index contributed by atoms with van der Waals surface area (Å²) in [5, 5.41) is 0. The fourth-order valence-electron chi connectivity index (χ4n) is 3.19. The molecule has 4 heteroatoms. The Kier molecular flexibility index (Phi) is 5.34. The van der Waals surface area contributed by atoms with E-state index in [1.54, 1.807) is 31.4 Å². The number of Topliss-reactive ketones (excluding diaryl/α,β-unsaturated/α-hetero) is 1. The lowest BCUT2D eigenvalue weighted by Gasteiger charge is -2.08. The molecule has 0 saturated carbocycles. The number of hydrogen-bond donors (Lipinski definition) is 0. The predicted molar refractivity (Wildman–Crippen MR) is 113 cm³/mol. The normalized spacial score (nSPS) is 13.9. The number of rotatable bonds is 6. The molecular weight excluding hydrogens is 364 g/mol. The largest absolute Gasteiger partial charge is 0.497 e. The highest BCUT2D eigenvalue weighted by atomic mass is 16.5. The van der Waals surface area contributed by atoms with Gasteiger partial charge in [-0.05, 0) is 53.5 Å². The van der Waals surface area contributed by atoms with Crippen molar-refractivity contribution in [3.63, 3.8) is 0 Å². The van der Waals surface area contributed by atoms with E-state index in [1.165, 1.54) is 5.56 Å². The summed E-state index contributed by atoms with van der Waals surface area (Å²) in [4.78, 5) is 12.6. The Hall–Kier alpha value is -3.53. The Labute approximate surface area is 170 Å². The van der Waals surface area contributed by atoms with E-state index >= 15 is 0 Å². The smallest absolute Gasteiger partial charge is 0.231 e. The molecule has 0 aromatic heterocycles. The van der Waals surface area contributed by atoms with Crippen LogP contribution in [0.2, 0.25) is 0 Å². The fraction of sp³-hybridized carbons (Fsp3) is 0.160. The van der Waals surface area contributed by atoms with Crippen LogP contribution in [0.15, 0.2) is 72.5 Å². The van der Waals surface area contributed by atoms with Gasteiger partial charge >= 0.3 is 0 Å². The first kappa shape index (κ1) is 18.8. The Morgan fingerprint density at radius 1 is 0.931 bits per heavy atom. The predicted octanol–water partition coefficient (Wildman–Crippen LogP) is 5.45. The van der Waals surface area contributed by atoms with Crippen LogP contribution < -0.4 is 14.2 Å². The first-order chi connectivity index (χ1) is 14.2.